The molecule has 14 heavy (non-hydrogen) atoms. The molecule has 84 valence electrons. The maximum atomic E-state index is 2.42. The SMILES string of the molecule is CC(C)(C)C(C1CCCC1)C(C)(C)C. The lowest BCUT2D eigenvalue weighted by Gasteiger charge is -2.44. The van der Waals surface area contributed by atoms with Gasteiger partial charge in [0.2, 0.25) is 0 Å². The second-order valence-corrected chi connectivity index (χ2v) is 7.25. The van der Waals surface area contributed by atoms with Gasteiger partial charge in [-0.25, -0.2) is 0 Å². The van der Waals surface area contributed by atoms with E-state index >= 15 is 0 Å². The minimum absolute atomic E-state index is 0.466. The van der Waals surface area contributed by atoms with E-state index in [0.717, 1.165) is 11.8 Å². The van der Waals surface area contributed by atoms with Crippen LogP contribution in [0.3, 0.4) is 0 Å². The molecular weight excluding hydrogens is 168 g/mol. The molecule has 0 heterocycles. The van der Waals surface area contributed by atoms with Crippen LogP contribution in [0.15, 0.2) is 0 Å². The molecule has 0 radical (unpaired) electrons. The van der Waals surface area contributed by atoms with E-state index in [9.17, 15) is 0 Å². The van der Waals surface area contributed by atoms with Crippen LogP contribution in [0.1, 0.15) is 67.2 Å². The molecule has 0 saturated heterocycles. The Morgan fingerprint density at radius 2 is 1.14 bits per heavy atom. The van der Waals surface area contributed by atoms with Crippen molar-refractivity contribution < 1.29 is 0 Å². The second-order valence-electron chi connectivity index (χ2n) is 7.25. The van der Waals surface area contributed by atoms with Crippen molar-refractivity contribution in [2.75, 3.05) is 0 Å². The summed E-state index contributed by atoms with van der Waals surface area (Å²) in [6.07, 6.45) is 5.87. The first-order chi connectivity index (χ1) is 6.23. The molecule has 0 spiro atoms. The summed E-state index contributed by atoms with van der Waals surface area (Å²) in [5.41, 5.74) is 0.931. The topological polar surface area (TPSA) is 0 Å². The van der Waals surface area contributed by atoms with E-state index in [0.29, 0.717) is 10.8 Å². The van der Waals surface area contributed by atoms with Gasteiger partial charge in [-0.2, -0.15) is 0 Å². The minimum atomic E-state index is 0.466. The van der Waals surface area contributed by atoms with Gasteiger partial charge in [-0.1, -0.05) is 67.2 Å². The van der Waals surface area contributed by atoms with Gasteiger partial charge in [0.05, 0.1) is 0 Å². The second kappa shape index (κ2) is 3.87. The molecule has 0 amide bonds. The smallest absolute Gasteiger partial charge is 0.0288 e. The molecule has 0 aromatic heterocycles. The van der Waals surface area contributed by atoms with Crippen molar-refractivity contribution in [2.24, 2.45) is 22.7 Å². The van der Waals surface area contributed by atoms with Gasteiger partial charge >= 0.3 is 0 Å². The van der Waals surface area contributed by atoms with E-state index in [1.54, 1.807) is 0 Å². The van der Waals surface area contributed by atoms with Crippen LogP contribution in [-0.4, -0.2) is 0 Å². The van der Waals surface area contributed by atoms with Crippen molar-refractivity contribution >= 4 is 0 Å². The molecule has 0 unspecified atom stereocenters. The number of rotatable bonds is 1. The summed E-state index contributed by atoms with van der Waals surface area (Å²) in [6, 6.07) is 0. The fourth-order valence-corrected chi connectivity index (χ4v) is 4.00. The number of hydrogen-bond donors (Lipinski definition) is 0. The van der Waals surface area contributed by atoms with Crippen LogP contribution in [0.2, 0.25) is 0 Å². The zero-order valence-corrected chi connectivity index (χ0v) is 11.0. The van der Waals surface area contributed by atoms with Gasteiger partial charge in [-0.3, -0.25) is 0 Å². The maximum Gasteiger partial charge on any atom is -0.0288 e. The molecule has 1 saturated carbocycles. The van der Waals surface area contributed by atoms with E-state index in [2.05, 4.69) is 41.5 Å². The summed E-state index contributed by atoms with van der Waals surface area (Å²) in [7, 11) is 0. The zero-order valence-electron chi connectivity index (χ0n) is 11.0. The zero-order chi connectivity index (χ0) is 11.0. The lowest BCUT2D eigenvalue weighted by molar-refractivity contribution is 0.0449. The molecule has 0 bridgehead atoms. The Hall–Kier alpha value is 0. The maximum absolute atomic E-state index is 2.42. The summed E-state index contributed by atoms with van der Waals surface area (Å²) < 4.78 is 0. The molecule has 0 heteroatoms. The van der Waals surface area contributed by atoms with E-state index in [1.165, 1.54) is 25.7 Å². The molecule has 1 fully saturated rings. The predicted molar refractivity (Wildman–Crippen MR) is 64.4 cm³/mol. The van der Waals surface area contributed by atoms with Gasteiger partial charge in [0, 0.05) is 0 Å². The van der Waals surface area contributed by atoms with Crippen molar-refractivity contribution in [2.45, 2.75) is 67.2 Å². The highest BCUT2D eigenvalue weighted by molar-refractivity contribution is 4.90. The van der Waals surface area contributed by atoms with Gasteiger partial charge in [0.25, 0.3) is 0 Å². The van der Waals surface area contributed by atoms with Gasteiger partial charge < -0.3 is 0 Å². The standard InChI is InChI=1S/C14H28/c1-13(2,3)12(14(4,5)6)11-9-7-8-10-11/h11-12H,7-10H2,1-6H3. The molecule has 1 aliphatic carbocycles. The fraction of sp³-hybridized carbons (Fsp3) is 1.00. The molecule has 0 nitrogen and oxygen atoms in total. The van der Waals surface area contributed by atoms with E-state index in [-0.39, 0.29) is 0 Å². The van der Waals surface area contributed by atoms with Crippen LogP contribution in [0.5, 0.6) is 0 Å². The van der Waals surface area contributed by atoms with Crippen LogP contribution in [0.4, 0.5) is 0 Å². The molecule has 1 rings (SSSR count). The Bertz CT molecular complexity index is 157. The molecule has 0 N–H and O–H groups in total. The van der Waals surface area contributed by atoms with E-state index < -0.39 is 0 Å². The highest BCUT2D eigenvalue weighted by Crippen LogP contribution is 2.49. The molecule has 1 aliphatic rings. The predicted octanol–water partition coefficient (Wildman–Crippen LogP) is 4.89. The first kappa shape index (κ1) is 12.1. The first-order valence-electron chi connectivity index (χ1n) is 6.23. The van der Waals surface area contributed by atoms with Crippen LogP contribution in [0, 0.1) is 22.7 Å². The Balaban J connectivity index is 2.82. The normalized spacial score (nSPS) is 20.8. The lowest BCUT2D eigenvalue weighted by Crippen LogP contribution is -2.37. The van der Waals surface area contributed by atoms with Crippen molar-refractivity contribution in [3.05, 3.63) is 0 Å². The molecule has 0 aromatic carbocycles. The fourth-order valence-electron chi connectivity index (χ4n) is 4.00. The van der Waals surface area contributed by atoms with E-state index in [1.807, 2.05) is 0 Å². The third-order valence-electron chi connectivity index (χ3n) is 3.74. The lowest BCUT2D eigenvalue weighted by atomic mass is 9.61. The summed E-state index contributed by atoms with van der Waals surface area (Å²) in [6.45, 7) is 14.5. The quantitative estimate of drug-likeness (QED) is 0.560. The first-order valence-corrected chi connectivity index (χ1v) is 6.23. The van der Waals surface area contributed by atoms with Crippen LogP contribution >= 0.6 is 0 Å². The monoisotopic (exact) mass is 196 g/mol. The third-order valence-corrected chi connectivity index (χ3v) is 3.74. The van der Waals surface area contributed by atoms with Crippen LogP contribution < -0.4 is 0 Å². The van der Waals surface area contributed by atoms with Crippen molar-refractivity contribution in [3.8, 4) is 0 Å². The van der Waals surface area contributed by atoms with Gasteiger partial charge in [0.1, 0.15) is 0 Å². The Kier molecular flexibility index (Phi) is 3.33. The average Bonchev–Trinajstić information content (AvgIpc) is 2.31. The Labute approximate surface area is 90.5 Å². The van der Waals surface area contributed by atoms with Gasteiger partial charge in [-0.05, 0) is 22.7 Å². The highest BCUT2D eigenvalue weighted by atomic mass is 14.5. The molecule has 0 aromatic rings. The van der Waals surface area contributed by atoms with Crippen molar-refractivity contribution in [1.82, 2.24) is 0 Å². The van der Waals surface area contributed by atoms with Crippen molar-refractivity contribution in [3.63, 3.8) is 0 Å². The van der Waals surface area contributed by atoms with Gasteiger partial charge in [0.15, 0.2) is 0 Å². The summed E-state index contributed by atoms with van der Waals surface area (Å²) in [5.74, 6) is 1.85. The highest BCUT2D eigenvalue weighted by Gasteiger charge is 2.40. The van der Waals surface area contributed by atoms with E-state index in [4.69, 9.17) is 0 Å². The Morgan fingerprint density at radius 3 is 1.43 bits per heavy atom. The molecule has 0 aliphatic heterocycles. The molecule has 0 atom stereocenters. The number of hydrogen-bond acceptors (Lipinski definition) is 0. The third kappa shape index (κ3) is 2.74. The molecular formula is C14H28. The summed E-state index contributed by atoms with van der Waals surface area (Å²) in [5, 5.41) is 0. The van der Waals surface area contributed by atoms with Crippen LogP contribution in [-0.2, 0) is 0 Å². The summed E-state index contributed by atoms with van der Waals surface area (Å²) >= 11 is 0. The van der Waals surface area contributed by atoms with Crippen molar-refractivity contribution in [1.29, 1.82) is 0 Å². The minimum Gasteiger partial charge on any atom is -0.0599 e. The van der Waals surface area contributed by atoms with Crippen LogP contribution in [0.25, 0.3) is 0 Å². The Morgan fingerprint density at radius 1 is 0.786 bits per heavy atom. The summed E-state index contributed by atoms with van der Waals surface area (Å²) in [4.78, 5) is 0. The van der Waals surface area contributed by atoms with Gasteiger partial charge in [-0.15, -0.1) is 0 Å². The largest absolute Gasteiger partial charge is 0.0599 e. The average molecular weight is 196 g/mol.